The third-order valence-electron chi connectivity index (χ3n) is 4.00. The molecule has 1 fully saturated rings. The van der Waals surface area contributed by atoms with Gasteiger partial charge in [0.05, 0.1) is 11.5 Å². The third-order valence-corrected chi connectivity index (χ3v) is 4.00. The first kappa shape index (κ1) is 17.0. The number of aliphatic hydroxyl groups is 1. The van der Waals surface area contributed by atoms with Crippen LogP contribution in [0.25, 0.3) is 0 Å². The standard InChI is InChI=1S/C15H28N2O3/c1-5-15(4,20)10-16-13(18)12-7-6-8-17(9-12)14(19)11(2)3/h11-12,20H,5-10H2,1-4H3,(H,16,18). The van der Waals surface area contributed by atoms with E-state index in [9.17, 15) is 14.7 Å². The molecule has 5 nitrogen and oxygen atoms in total. The molecule has 5 heteroatoms. The minimum Gasteiger partial charge on any atom is -0.388 e. The lowest BCUT2D eigenvalue weighted by Crippen LogP contribution is -2.49. The highest BCUT2D eigenvalue weighted by Crippen LogP contribution is 2.19. The van der Waals surface area contributed by atoms with E-state index in [4.69, 9.17) is 0 Å². The van der Waals surface area contributed by atoms with Crippen molar-refractivity contribution in [3.8, 4) is 0 Å². The van der Waals surface area contributed by atoms with Gasteiger partial charge in [0.15, 0.2) is 0 Å². The molecule has 1 saturated heterocycles. The van der Waals surface area contributed by atoms with Crippen molar-refractivity contribution in [2.75, 3.05) is 19.6 Å². The minimum absolute atomic E-state index is 0.0300. The van der Waals surface area contributed by atoms with Crippen LogP contribution in [0.3, 0.4) is 0 Å². The molecule has 2 N–H and O–H groups in total. The molecule has 0 aromatic rings. The molecule has 1 aliphatic heterocycles. The summed E-state index contributed by atoms with van der Waals surface area (Å²) >= 11 is 0. The summed E-state index contributed by atoms with van der Waals surface area (Å²) < 4.78 is 0. The van der Waals surface area contributed by atoms with Gasteiger partial charge in [0.25, 0.3) is 0 Å². The average molecular weight is 284 g/mol. The summed E-state index contributed by atoms with van der Waals surface area (Å²) in [4.78, 5) is 25.9. The first-order chi connectivity index (χ1) is 9.26. The number of rotatable bonds is 5. The third kappa shape index (κ3) is 4.78. The topological polar surface area (TPSA) is 69.6 Å². The number of hydrogen-bond donors (Lipinski definition) is 2. The molecule has 0 spiro atoms. The Morgan fingerprint density at radius 2 is 2.10 bits per heavy atom. The number of carbonyl (C=O) groups excluding carboxylic acids is 2. The van der Waals surface area contributed by atoms with Crippen molar-refractivity contribution in [2.24, 2.45) is 11.8 Å². The number of amides is 2. The first-order valence-electron chi connectivity index (χ1n) is 7.55. The molecule has 1 aliphatic rings. The molecule has 116 valence electrons. The van der Waals surface area contributed by atoms with E-state index in [2.05, 4.69) is 5.32 Å². The van der Waals surface area contributed by atoms with Crippen LogP contribution in [0.2, 0.25) is 0 Å². The molecule has 20 heavy (non-hydrogen) atoms. The summed E-state index contributed by atoms with van der Waals surface area (Å²) in [6.45, 7) is 8.86. The second kappa shape index (κ2) is 7.07. The van der Waals surface area contributed by atoms with E-state index in [0.717, 1.165) is 19.4 Å². The van der Waals surface area contributed by atoms with Crippen LogP contribution in [0.5, 0.6) is 0 Å². The van der Waals surface area contributed by atoms with Crippen LogP contribution in [0.4, 0.5) is 0 Å². The molecule has 2 amide bonds. The number of piperidine rings is 1. The minimum atomic E-state index is -0.863. The van der Waals surface area contributed by atoms with Gasteiger partial charge in [-0.2, -0.15) is 0 Å². The molecule has 0 aromatic heterocycles. The Labute approximate surface area is 121 Å². The van der Waals surface area contributed by atoms with Gasteiger partial charge in [0.1, 0.15) is 0 Å². The largest absolute Gasteiger partial charge is 0.388 e. The summed E-state index contributed by atoms with van der Waals surface area (Å²) in [5.41, 5.74) is -0.863. The maximum atomic E-state index is 12.1. The monoisotopic (exact) mass is 284 g/mol. The Balaban J connectivity index is 2.50. The molecule has 1 rings (SSSR count). The average Bonchev–Trinajstić information content (AvgIpc) is 2.44. The summed E-state index contributed by atoms with van der Waals surface area (Å²) in [6.07, 6.45) is 2.26. The fourth-order valence-electron chi connectivity index (χ4n) is 2.30. The van der Waals surface area contributed by atoms with Crippen molar-refractivity contribution in [3.63, 3.8) is 0 Å². The van der Waals surface area contributed by atoms with Crippen molar-refractivity contribution >= 4 is 11.8 Å². The van der Waals surface area contributed by atoms with Crippen LogP contribution in [0.1, 0.15) is 47.0 Å². The van der Waals surface area contributed by atoms with Crippen molar-refractivity contribution in [1.82, 2.24) is 10.2 Å². The van der Waals surface area contributed by atoms with Gasteiger partial charge >= 0.3 is 0 Å². The predicted molar refractivity (Wildman–Crippen MR) is 78.1 cm³/mol. The molecule has 2 atom stereocenters. The van der Waals surface area contributed by atoms with Crippen LogP contribution in [0, 0.1) is 11.8 Å². The van der Waals surface area contributed by atoms with E-state index in [0.29, 0.717) is 13.0 Å². The van der Waals surface area contributed by atoms with Gasteiger partial charge in [-0.25, -0.2) is 0 Å². The molecule has 0 bridgehead atoms. The van der Waals surface area contributed by atoms with Crippen LogP contribution in [0.15, 0.2) is 0 Å². The highest BCUT2D eigenvalue weighted by molar-refractivity contribution is 5.82. The van der Waals surface area contributed by atoms with Crippen LogP contribution in [-0.4, -0.2) is 47.1 Å². The van der Waals surface area contributed by atoms with E-state index in [1.54, 1.807) is 11.8 Å². The lowest BCUT2D eigenvalue weighted by molar-refractivity contribution is -0.138. The van der Waals surface area contributed by atoms with E-state index >= 15 is 0 Å². The van der Waals surface area contributed by atoms with Gasteiger partial charge in [-0.05, 0) is 26.2 Å². The molecule has 0 saturated carbocycles. The zero-order valence-electron chi connectivity index (χ0n) is 13.1. The fourth-order valence-corrected chi connectivity index (χ4v) is 2.30. The van der Waals surface area contributed by atoms with E-state index in [1.807, 2.05) is 20.8 Å². The quantitative estimate of drug-likeness (QED) is 0.796. The first-order valence-corrected chi connectivity index (χ1v) is 7.55. The molecular weight excluding hydrogens is 256 g/mol. The van der Waals surface area contributed by atoms with Crippen LogP contribution in [-0.2, 0) is 9.59 Å². The zero-order valence-corrected chi connectivity index (χ0v) is 13.1. The Hall–Kier alpha value is -1.10. The van der Waals surface area contributed by atoms with Gasteiger partial charge in [-0.3, -0.25) is 9.59 Å². The van der Waals surface area contributed by atoms with E-state index in [-0.39, 0.29) is 30.2 Å². The summed E-state index contributed by atoms with van der Waals surface area (Å²) in [5.74, 6) is -0.125. The number of nitrogens with zero attached hydrogens (tertiary/aromatic N) is 1. The molecule has 0 radical (unpaired) electrons. The number of hydrogen-bond acceptors (Lipinski definition) is 3. The molecular formula is C15H28N2O3. The molecule has 0 aromatic carbocycles. The van der Waals surface area contributed by atoms with E-state index in [1.165, 1.54) is 0 Å². The SMILES string of the molecule is CCC(C)(O)CNC(=O)C1CCCN(C(=O)C(C)C)C1. The molecule has 2 unspecified atom stereocenters. The lowest BCUT2D eigenvalue weighted by Gasteiger charge is -2.33. The predicted octanol–water partition coefficient (Wildman–Crippen LogP) is 1.16. The Bertz CT molecular complexity index is 353. The smallest absolute Gasteiger partial charge is 0.225 e. The number of likely N-dealkylation sites (tertiary alicyclic amines) is 1. The van der Waals surface area contributed by atoms with Crippen molar-refractivity contribution in [2.45, 2.75) is 52.6 Å². The molecule has 0 aliphatic carbocycles. The second-order valence-electron chi connectivity index (χ2n) is 6.35. The number of nitrogens with one attached hydrogen (secondary N) is 1. The number of carbonyl (C=O) groups is 2. The Morgan fingerprint density at radius 1 is 1.45 bits per heavy atom. The molecule has 1 heterocycles. The summed E-state index contributed by atoms with van der Waals surface area (Å²) in [5, 5.41) is 12.7. The highest BCUT2D eigenvalue weighted by Gasteiger charge is 2.30. The summed E-state index contributed by atoms with van der Waals surface area (Å²) in [7, 11) is 0. The van der Waals surface area contributed by atoms with Gasteiger partial charge in [0, 0.05) is 25.6 Å². The van der Waals surface area contributed by atoms with Crippen LogP contribution >= 0.6 is 0 Å². The van der Waals surface area contributed by atoms with Gasteiger partial charge < -0.3 is 15.3 Å². The fraction of sp³-hybridized carbons (Fsp3) is 0.867. The van der Waals surface area contributed by atoms with Gasteiger partial charge in [-0.15, -0.1) is 0 Å². The maximum Gasteiger partial charge on any atom is 0.225 e. The van der Waals surface area contributed by atoms with Crippen molar-refractivity contribution < 1.29 is 14.7 Å². The zero-order chi connectivity index (χ0) is 15.3. The van der Waals surface area contributed by atoms with Gasteiger partial charge in [-0.1, -0.05) is 20.8 Å². The Morgan fingerprint density at radius 3 is 2.65 bits per heavy atom. The van der Waals surface area contributed by atoms with Crippen molar-refractivity contribution in [3.05, 3.63) is 0 Å². The summed E-state index contributed by atoms with van der Waals surface area (Å²) in [6, 6.07) is 0. The van der Waals surface area contributed by atoms with Gasteiger partial charge in [0.2, 0.25) is 11.8 Å². The van der Waals surface area contributed by atoms with E-state index < -0.39 is 5.60 Å². The highest BCUT2D eigenvalue weighted by atomic mass is 16.3. The van der Waals surface area contributed by atoms with Crippen molar-refractivity contribution in [1.29, 1.82) is 0 Å². The maximum absolute atomic E-state index is 12.1. The normalized spacial score (nSPS) is 22.5. The second-order valence-corrected chi connectivity index (χ2v) is 6.35. The van der Waals surface area contributed by atoms with Crippen LogP contribution < -0.4 is 5.32 Å². The lowest BCUT2D eigenvalue weighted by atomic mass is 9.95. The Kier molecular flexibility index (Phi) is 5.99.